The molecule has 2 rings (SSSR count). The highest BCUT2D eigenvalue weighted by molar-refractivity contribution is 6.05. The first-order valence-electron chi connectivity index (χ1n) is 12.9. The maximum Gasteiger partial charge on any atom is 0.254 e. The predicted octanol–water partition coefficient (Wildman–Crippen LogP) is -0.175. The number of hydrogen-bond acceptors (Lipinski definition) is 7. The molecule has 0 saturated heterocycles. The SMILES string of the molecule is NCCCC[C@H](NC(=O)c1ccccc1NC(=O)Cc1ccc(O)cc1)C(=O)N[C@@H](CCCN=C(N)N)C(N)=O. The van der Waals surface area contributed by atoms with Crippen molar-refractivity contribution in [2.75, 3.05) is 18.4 Å². The number of amides is 4. The van der Waals surface area contributed by atoms with Crippen LogP contribution in [-0.2, 0) is 20.8 Å². The summed E-state index contributed by atoms with van der Waals surface area (Å²) in [4.78, 5) is 54.8. The molecule has 0 aromatic heterocycles. The van der Waals surface area contributed by atoms with Crippen LogP contribution in [0.3, 0.4) is 0 Å². The lowest BCUT2D eigenvalue weighted by Gasteiger charge is -2.22. The van der Waals surface area contributed by atoms with Crippen molar-refractivity contribution < 1.29 is 24.3 Å². The molecule has 2 aromatic carbocycles. The molecule has 0 aliphatic carbocycles. The standard InChI is InChI=1S/C27H38N8O5/c28-14-4-3-8-22(26(40)34-21(24(29)38)9-5-15-32-27(30)31)35-25(39)19-6-1-2-7-20(19)33-23(37)16-17-10-12-18(36)13-11-17/h1-2,6-7,10-13,21-22,36H,3-5,8-9,14-16,28H2,(H2,29,38)(H,33,37)(H,34,40)(H,35,39)(H4,30,31,32)/t21-,22-/m0/s1. The first-order valence-corrected chi connectivity index (χ1v) is 12.9. The van der Waals surface area contributed by atoms with Crippen LogP contribution in [0.25, 0.3) is 0 Å². The normalized spacial score (nSPS) is 12.0. The number of aromatic hydroxyl groups is 1. The molecule has 2 atom stereocenters. The Bertz CT molecular complexity index is 1180. The molecule has 0 bridgehead atoms. The molecule has 0 unspecified atom stereocenters. The number of anilines is 1. The van der Waals surface area contributed by atoms with E-state index in [4.69, 9.17) is 22.9 Å². The molecule has 12 N–H and O–H groups in total. The van der Waals surface area contributed by atoms with Crippen molar-refractivity contribution in [1.29, 1.82) is 0 Å². The van der Waals surface area contributed by atoms with Crippen LogP contribution in [0.4, 0.5) is 5.69 Å². The summed E-state index contributed by atoms with van der Waals surface area (Å²) in [6.07, 6.45) is 2.07. The van der Waals surface area contributed by atoms with Gasteiger partial charge in [0.05, 0.1) is 17.7 Å². The number of rotatable bonds is 16. The first kappa shape index (κ1) is 31.6. The Hall–Kier alpha value is -4.65. The zero-order valence-electron chi connectivity index (χ0n) is 22.3. The number of benzene rings is 2. The van der Waals surface area contributed by atoms with E-state index in [-0.39, 0.29) is 54.7 Å². The number of aliphatic imine (C=N–C) groups is 1. The Morgan fingerprint density at radius 1 is 0.850 bits per heavy atom. The summed E-state index contributed by atoms with van der Waals surface area (Å²) in [7, 11) is 0. The van der Waals surface area contributed by atoms with E-state index < -0.39 is 29.8 Å². The molecule has 0 heterocycles. The van der Waals surface area contributed by atoms with Crippen LogP contribution < -0.4 is 38.9 Å². The summed E-state index contributed by atoms with van der Waals surface area (Å²) in [5.74, 6) is -2.26. The summed E-state index contributed by atoms with van der Waals surface area (Å²) in [6, 6.07) is 10.6. The third-order valence-electron chi connectivity index (χ3n) is 5.92. The molecular weight excluding hydrogens is 516 g/mol. The highest BCUT2D eigenvalue weighted by atomic mass is 16.3. The topological polar surface area (TPSA) is 241 Å². The quantitative estimate of drug-likeness (QED) is 0.0784. The Morgan fingerprint density at radius 2 is 1.52 bits per heavy atom. The molecule has 0 spiro atoms. The number of para-hydroxylation sites is 1. The Labute approximate surface area is 232 Å². The van der Waals surface area contributed by atoms with Gasteiger partial charge in [-0.3, -0.25) is 24.2 Å². The van der Waals surface area contributed by atoms with Gasteiger partial charge in [0.25, 0.3) is 5.91 Å². The van der Waals surface area contributed by atoms with Crippen molar-refractivity contribution in [3.05, 3.63) is 59.7 Å². The van der Waals surface area contributed by atoms with Crippen molar-refractivity contribution in [2.24, 2.45) is 27.9 Å². The molecule has 4 amide bonds. The minimum atomic E-state index is -0.987. The molecule has 0 aliphatic rings. The van der Waals surface area contributed by atoms with Gasteiger partial charge in [-0.25, -0.2) is 0 Å². The van der Waals surface area contributed by atoms with Crippen LogP contribution in [0.15, 0.2) is 53.5 Å². The second kappa shape index (κ2) is 16.3. The number of nitrogens with zero attached hydrogens (tertiary/aromatic N) is 1. The highest BCUT2D eigenvalue weighted by Gasteiger charge is 2.26. The molecule has 0 aliphatic heterocycles. The second-order valence-electron chi connectivity index (χ2n) is 9.16. The molecule has 13 nitrogen and oxygen atoms in total. The van der Waals surface area contributed by atoms with Crippen molar-refractivity contribution in [2.45, 2.75) is 50.6 Å². The minimum absolute atomic E-state index is 0.0258. The molecule has 0 saturated carbocycles. The fourth-order valence-electron chi connectivity index (χ4n) is 3.84. The first-order chi connectivity index (χ1) is 19.1. The molecular formula is C27H38N8O5. The van der Waals surface area contributed by atoms with Crippen LogP contribution in [0.5, 0.6) is 5.75 Å². The fourth-order valence-corrected chi connectivity index (χ4v) is 3.84. The average Bonchev–Trinajstić information content (AvgIpc) is 2.91. The molecule has 0 fully saturated rings. The zero-order valence-corrected chi connectivity index (χ0v) is 22.3. The Kier molecular flexibility index (Phi) is 12.9. The Balaban J connectivity index is 2.12. The monoisotopic (exact) mass is 554 g/mol. The number of hydrogen-bond donors (Lipinski definition) is 8. The number of carbonyl (C=O) groups excluding carboxylic acids is 4. The van der Waals surface area contributed by atoms with Crippen LogP contribution in [-0.4, -0.2) is 59.9 Å². The lowest BCUT2D eigenvalue weighted by atomic mass is 10.0. The number of guanidine groups is 1. The summed E-state index contributed by atoms with van der Waals surface area (Å²) in [6.45, 7) is 0.667. The van der Waals surface area contributed by atoms with E-state index in [0.29, 0.717) is 31.4 Å². The minimum Gasteiger partial charge on any atom is -0.508 e. The predicted molar refractivity (Wildman–Crippen MR) is 152 cm³/mol. The summed E-state index contributed by atoms with van der Waals surface area (Å²) < 4.78 is 0. The molecule has 216 valence electrons. The third-order valence-corrected chi connectivity index (χ3v) is 5.92. The van der Waals surface area contributed by atoms with Crippen molar-refractivity contribution >= 4 is 35.3 Å². The van der Waals surface area contributed by atoms with E-state index >= 15 is 0 Å². The number of phenolic OH excluding ortho intramolecular Hbond substituents is 1. The smallest absolute Gasteiger partial charge is 0.254 e. The zero-order chi connectivity index (χ0) is 29.5. The van der Waals surface area contributed by atoms with Gasteiger partial charge in [-0.1, -0.05) is 24.3 Å². The van der Waals surface area contributed by atoms with Gasteiger partial charge in [0, 0.05) is 6.54 Å². The second-order valence-corrected chi connectivity index (χ2v) is 9.16. The third kappa shape index (κ3) is 11.0. The van der Waals surface area contributed by atoms with E-state index in [9.17, 15) is 24.3 Å². The van der Waals surface area contributed by atoms with E-state index in [1.807, 2.05) is 0 Å². The van der Waals surface area contributed by atoms with Crippen LogP contribution in [0.2, 0.25) is 0 Å². The number of primary amides is 1. The maximum absolute atomic E-state index is 13.3. The maximum atomic E-state index is 13.3. The molecule has 0 radical (unpaired) electrons. The largest absolute Gasteiger partial charge is 0.508 e. The van der Waals surface area contributed by atoms with Crippen LogP contribution in [0, 0.1) is 0 Å². The number of carbonyl (C=O) groups is 4. The van der Waals surface area contributed by atoms with Gasteiger partial charge in [-0.2, -0.15) is 0 Å². The van der Waals surface area contributed by atoms with Crippen LogP contribution >= 0.6 is 0 Å². The number of nitrogens with one attached hydrogen (secondary N) is 3. The van der Waals surface area contributed by atoms with Gasteiger partial charge >= 0.3 is 0 Å². The van der Waals surface area contributed by atoms with E-state index in [1.165, 1.54) is 18.2 Å². The van der Waals surface area contributed by atoms with E-state index in [1.54, 1.807) is 30.3 Å². The average molecular weight is 555 g/mol. The number of nitrogens with two attached hydrogens (primary N) is 4. The van der Waals surface area contributed by atoms with Gasteiger partial charge in [0.1, 0.15) is 17.8 Å². The van der Waals surface area contributed by atoms with Gasteiger partial charge < -0.3 is 44.0 Å². The van der Waals surface area contributed by atoms with Crippen molar-refractivity contribution in [1.82, 2.24) is 10.6 Å². The van der Waals surface area contributed by atoms with E-state index in [0.717, 1.165) is 0 Å². The van der Waals surface area contributed by atoms with Gasteiger partial charge in [0.15, 0.2) is 5.96 Å². The van der Waals surface area contributed by atoms with Crippen molar-refractivity contribution in [3.63, 3.8) is 0 Å². The molecule has 13 heteroatoms. The summed E-state index contributed by atoms with van der Waals surface area (Å²) in [5.41, 5.74) is 22.8. The van der Waals surface area contributed by atoms with E-state index in [2.05, 4.69) is 20.9 Å². The lowest BCUT2D eigenvalue weighted by molar-refractivity contribution is -0.128. The molecule has 40 heavy (non-hydrogen) atoms. The van der Waals surface area contributed by atoms with Gasteiger partial charge in [-0.15, -0.1) is 0 Å². The Morgan fingerprint density at radius 3 is 2.17 bits per heavy atom. The summed E-state index contributed by atoms with van der Waals surface area (Å²) >= 11 is 0. The highest BCUT2D eigenvalue weighted by Crippen LogP contribution is 2.17. The van der Waals surface area contributed by atoms with Gasteiger partial charge in [0.2, 0.25) is 17.7 Å². The van der Waals surface area contributed by atoms with Crippen LogP contribution in [0.1, 0.15) is 48.0 Å². The summed E-state index contributed by atoms with van der Waals surface area (Å²) in [5, 5.41) is 17.5. The fraction of sp³-hybridized carbons (Fsp3) is 0.370. The molecule has 2 aromatic rings. The number of phenols is 1. The number of unbranched alkanes of at least 4 members (excludes halogenated alkanes) is 1. The van der Waals surface area contributed by atoms with Gasteiger partial charge in [-0.05, 0) is 68.5 Å². The lowest BCUT2D eigenvalue weighted by Crippen LogP contribution is -2.53. The van der Waals surface area contributed by atoms with Crippen molar-refractivity contribution in [3.8, 4) is 5.75 Å².